The van der Waals surface area contributed by atoms with Gasteiger partial charge in [-0.15, -0.1) is 0 Å². The van der Waals surface area contributed by atoms with Crippen LogP contribution in [0.15, 0.2) is 11.8 Å². The third-order valence-electron chi connectivity index (χ3n) is 1.33. The lowest BCUT2D eigenvalue weighted by Gasteiger charge is -2.23. The van der Waals surface area contributed by atoms with Gasteiger partial charge in [-0.05, 0) is 6.08 Å². The number of aliphatic hydroxyl groups is 2. The summed E-state index contributed by atoms with van der Waals surface area (Å²) in [5.41, 5.74) is 0. The van der Waals surface area contributed by atoms with E-state index in [4.69, 9.17) is 10.2 Å². The molecule has 1 aliphatic heterocycles. The highest BCUT2D eigenvalue weighted by atomic mass is 16.5. The van der Waals surface area contributed by atoms with Gasteiger partial charge in [-0.3, -0.25) is 0 Å². The number of carbonyl (C=O) groups is 1. The fourth-order valence-corrected chi connectivity index (χ4v) is 0.715. The summed E-state index contributed by atoms with van der Waals surface area (Å²) >= 11 is 0. The normalized spacial score (nSPS) is 30.5. The van der Waals surface area contributed by atoms with E-state index in [-0.39, 0.29) is 6.61 Å². The van der Waals surface area contributed by atoms with Crippen molar-refractivity contribution in [1.29, 1.82) is 0 Å². The number of aliphatic carboxylic acids is 1. The lowest BCUT2D eigenvalue weighted by Crippen LogP contribution is -2.37. The van der Waals surface area contributed by atoms with Gasteiger partial charge in [0.2, 0.25) is 0 Å². The van der Waals surface area contributed by atoms with Crippen molar-refractivity contribution < 1.29 is 24.9 Å². The van der Waals surface area contributed by atoms with Crippen LogP contribution in [-0.2, 0) is 9.53 Å². The number of hydrogen-bond acceptors (Lipinski definition) is 5. The third kappa shape index (κ3) is 1.69. The Morgan fingerprint density at radius 1 is 1.73 bits per heavy atom. The Morgan fingerprint density at radius 2 is 2.36 bits per heavy atom. The van der Waals surface area contributed by atoms with E-state index < -0.39 is 23.9 Å². The molecule has 2 atom stereocenters. The fourth-order valence-electron chi connectivity index (χ4n) is 0.715. The molecule has 0 saturated heterocycles. The molecule has 11 heavy (non-hydrogen) atoms. The predicted molar refractivity (Wildman–Crippen MR) is 31.1 cm³/mol. The maximum atomic E-state index is 10.1. The molecule has 0 spiro atoms. The van der Waals surface area contributed by atoms with Crippen molar-refractivity contribution in [3.63, 3.8) is 0 Å². The SMILES string of the molecule is O=C([O-])C1=CC(O)C(O)CO1. The summed E-state index contributed by atoms with van der Waals surface area (Å²) in [7, 11) is 0. The van der Waals surface area contributed by atoms with E-state index in [1.807, 2.05) is 0 Å². The first kappa shape index (κ1) is 8.03. The van der Waals surface area contributed by atoms with E-state index in [2.05, 4.69) is 4.74 Å². The van der Waals surface area contributed by atoms with Gasteiger partial charge < -0.3 is 24.9 Å². The topological polar surface area (TPSA) is 89.8 Å². The van der Waals surface area contributed by atoms with Crippen molar-refractivity contribution in [2.75, 3.05) is 6.61 Å². The summed E-state index contributed by atoms with van der Waals surface area (Å²) in [5.74, 6) is -1.92. The van der Waals surface area contributed by atoms with Gasteiger partial charge in [0.1, 0.15) is 30.5 Å². The number of ether oxygens (including phenoxy) is 1. The molecule has 5 nitrogen and oxygen atoms in total. The number of rotatable bonds is 1. The molecule has 0 aromatic rings. The predicted octanol–water partition coefficient (Wildman–Crippen LogP) is -2.63. The van der Waals surface area contributed by atoms with Gasteiger partial charge in [-0.25, -0.2) is 0 Å². The van der Waals surface area contributed by atoms with Gasteiger partial charge in [0.25, 0.3) is 0 Å². The van der Waals surface area contributed by atoms with Crippen molar-refractivity contribution in [3.8, 4) is 0 Å². The molecular weight excluding hydrogens is 152 g/mol. The van der Waals surface area contributed by atoms with Crippen LogP contribution in [0.4, 0.5) is 0 Å². The highest BCUT2D eigenvalue weighted by molar-refractivity contribution is 5.82. The monoisotopic (exact) mass is 159 g/mol. The van der Waals surface area contributed by atoms with Crippen LogP contribution in [0.3, 0.4) is 0 Å². The van der Waals surface area contributed by atoms with Crippen LogP contribution >= 0.6 is 0 Å². The zero-order valence-electron chi connectivity index (χ0n) is 5.56. The molecule has 0 saturated carbocycles. The van der Waals surface area contributed by atoms with E-state index in [9.17, 15) is 9.90 Å². The molecule has 5 heteroatoms. The van der Waals surface area contributed by atoms with Crippen molar-refractivity contribution in [3.05, 3.63) is 11.8 Å². The lowest BCUT2D eigenvalue weighted by atomic mass is 10.1. The van der Waals surface area contributed by atoms with E-state index in [1.54, 1.807) is 0 Å². The highest BCUT2D eigenvalue weighted by Crippen LogP contribution is 2.10. The molecule has 0 aliphatic carbocycles. The lowest BCUT2D eigenvalue weighted by molar-refractivity contribution is -0.304. The zero-order chi connectivity index (χ0) is 8.43. The summed E-state index contributed by atoms with van der Waals surface area (Å²) in [6.45, 7) is -0.221. The molecular formula is C6H7O5-. The second-order valence-corrected chi connectivity index (χ2v) is 2.19. The minimum absolute atomic E-state index is 0.221. The van der Waals surface area contributed by atoms with Crippen LogP contribution < -0.4 is 5.11 Å². The van der Waals surface area contributed by atoms with Crippen molar-refractivity contribution in [2.45, 2.75) is 12.2 Å². The molecule has 0 aromatic carbocycles. The maximum Gasteiger partial charge on any atom is 0.140 e. The first-order valence-electron chi connectivity index (χ1n) is 3.03. The van der Waals surface area contributed by atoms with Gasteiger partial charge in [-0.2, -0.15) is 0 Å². The first-order chi connectivity index (χ1) is 5.11. The Bertz CT molecular complexity index is 197. The van der Waals surface area contributed by atoms with Crippen LogP contribution in [0.2, 0.25) is 0 Å². The van der Waals surface area contributed by atoms with Crippen LogP contribution in [-0.4, -0.2) is 35.0 Å². The summed E-state index contributed by atoms with van der Waals surface area (Å²) in [6, 6.07) is 0. The van der Waals surface area contributed by atoms with E-state index in [1.165, 1.54) is 0 Å². The number of carboxylic acid groups (broad SMARTS) is 1. The van der Waals surface area contributed by atoms with Crippen molar-refractivity contribution >= 4 is 5.97 Å². The van der Waals surface area contributed by atoms with Crippen molar-refractivity contribution in [2.24, 2.45) is 0 Å². The average Bonchev–Trinajstić information content (AvgIpc) is 1.94. The van der Waals surface area contributed by atoms with Gasteiger partial charge in [0.15, 0.2) is 0 Å². The fraction of sp³-hybridized carbons (Fsp3) is 0.500. The molecule has 0 amide bonds. The average molecular weight is 159 g/mol. The molecule has 0 aromatic heterocycles. The Morgan fingerprint density at radius 3 is 2.82 bits per heavy atom. The van der Waals surface area contributed by atoms with E-state index in [0.717, 1.165) is 6.08 Å². The summed E-state index contributed by atoms with van der Waals surface area (Å²) in [6.07, 6.45) is -1.33. The van der Waals surface area contributed by atoms with Crippen LogP contribution in [0.25, 0.3) is 0 Å². The van der Waals surface area contributed by atoms with Gasteiger partial charge in [0.05, 0.1) is 0 Å². The highest BCUT2D eigenvalue weighted by Gasteiger charge is 2.21. The Balaban J connectivity index is 2.71. The summed E-state index contributed by atoms with van der Waals surface area (Å²) in [4.78, 5) is 10.1. The van der Waals surface area contributed by atoms with Gasteiger partial charge in [-0.1, -0.05) is 0 Å². The quantitative estimate of drug-likeness (QED) is 0.437. The number of carbonyl (C=O) groups excluding carboxylic acids is 1. The van der Waals surface area contributed by atoms with Crippen LogP contribution in [0, 0.1) is 0 Å². The molecule has 0 radical (unpaired) electrons. The molecule has 0 bridgehead atoms. The molecule has 2 unspecified atom stereocenters. The smallest absolute Gasteiger partial charge is 0.140 e. The Hall–Kier alpha value is -1.07. The van der Waals surface area contributed by atoms with Crippen LogP contribution in [0.1, 0.15) is 0 Å². The van der Waals surface area contributed by atoms with Gasteiger partial charge in [0, 0.05) is 0 Å². The van der Waals surface area contributed by atoms with Crippen molar-refractivity contribution in [1.82, 2.24) is 0 Å². The Kier molecular flexibility index (Phi) is 2.11. The molecule has 1 aliphatic rings. The third-order valence-corrected chi connectivity index (χ3v) is 1.33. The number of hydrogen-bond donors (Lipinski definition) is 2. The maximum absolute atomic E-state index is 10.1. The number of carboxylic acids is 1. The zero-order valence-corrected chi connectivity index (χ0v) is 5.56. The standard InChI is InChI=1S/C6H8O5/c7-3-1-5(6(9)10)11-2-4(3)8/h1,3-4,7-8H,2H2,(H,9,10)/p-1. The second-order valence-electron chi connectivity index (χ2n) is 2.19. The van der Waals surface area contributed by atoms with Crippen LogP contribution in [0.5, 0.6) is 0 Å². The Labute approximate surface area is 62.5 Å². The molecule has 1 rings (SSSR count). The molecule has 1 heterocycles. The molecule has 62 valence electrons. The molecule has 2 N–H and O–H groups in total. The number of aliphatic hydroxyl groups excluding tert-OH is 2. The van der Waals surface area contributed by atoms with Gasteiger partial charge >= 0.3 is 0 Å². The minimum atomic E-state index is -1.49. The minimum Gasteiger partial charge on any atom is -0.542 e. The second kappa shape index (κ2) is 2.89. The first-order valence-corrected chi connectivity index (χ1v) is 3.03. The van der Waals surface area contributed by atoms with E-state index >= 15 is 0 Å². The molecule has 0 fully saturated rings. The summed E-state index contributed by atoms with van der Waals surface area (Å²) in [5, 5.41) is 27.9. The largest absolute Gasteiger partial charge is 0.542 e. The van der Waals surface area contributed by atoms with E-state index in [0.29, 0.717) is 0 Å². The summed E-state index contributed by atoms with van der Waals surface area (Å²) < 4.78 is 4.51.